The van der Waals surface area contributed by atoms with E-state index in [4.69, 9.17) is 5.11 Å². The molecule has 0 saturated heterocycles. The summed E-state index contributed by atoms with van der Waals surface area (Å²) in [5, 5.41) is 14.7. The monoisotopic (exact) mass is 296 g/mol. The van der Waals surface area contributed by atoms with Gasteiger partial charge in [-0.2, -0.15) is 0 Å². The van der Waals surface area contributed by atoms with E-state index < -0.39 is 11.4 Å². The van der Waals surface area contributed by atoms with Crippen LogP contribution in [0.2, 0.25) is 0 Å². The van der Waals surface area contributed by atoms with E-state index in [1.54, 1.807) is 11.3 Å². The molecule has 1 aliphatic carbocycles. The van der Waals surface area contributed by atoms with Crippen LogP contribution < -0.4 is 5.32 Å². The Kier molecular flexibility index (Phi) is 3.86. The van der Waals surface area contributed by atoms with Crippen LogP contribution in [-0.4, -0.2) is 28.5 Å². The van der Waals surface area contributed by atoms with Gasteiger partial charge in [0.15, 0.2) is 0 Å². The maximum atomic E-state index is 11.8. The molecule has 2 N–H and O–H groups in total. The first-order valence-electron chi connectivity index (χ1n) is 6.72. The Morgan fingerprint density at radius 3 is 2.55 bits per heavy atom. The highest BCUT2D eigenvalue weighted by Gasteiger charge is 2.56. The summed E-state index contributed by atoms with van der Waals surface area (Å²) in [5.74, 6) is -1.38. The van der Waals surface area contributed by atoms with Crippen LogP contribution in [0.5, 0.6) is 0 Å². The summed E-state index contributed by atoms with van der Waals surface area (Å²) >= 11 is 1.58. The number of rotatable bonds is 5. The van der Waals surface area contributed by atoms with Crippen LogP contribution in [0, 0.1) is 5.41 Å². The van der Waals surface area contributed by atoms with E-state index in [-0.39, 0.29) is 11.3 Å². The number of carbonyl (C=O) groups excluding carboxylic acids is 1. The van der Waals surface area contributed by atoms with E-state index in [1.807, 2.05) is 5.38 Å². The fraction of sp³-hybridized carbons (Fsp3) is 0.643. The Bertz CT molecular complexity index is 527. The second-order valence-electron chi connectivity index (χ2n) is 6.27. The number of carbonyl (C=O) groups is 2. The minimum Gasteiger partial charge on any atom is -0.480 e. The Labute approximate surface area is 122 Å². The maximum Gasteiger partial charge on any atom is 0.319 e. The fourth-order valence-electron chi connectivity index (χ4n) is 1.89. The molecule has 110 valence electrons. The van der Waals surface area contributed by atoms with Crippen LogP contribution in [0.3, 0.4) is 0 Å². The van der Waals surface area contributed by atoms with Gasteiger partial charge >= 0.3 is 5.97 Å². The first-order valence-corrected chi connectivity index (χ1v) is 7.60. The lowest BCUT2D eigenvalue weighted by Crippen LogP contribution is -2.37. The molecule has 1 aromatic heterocycles. The van der Waals surface area contributed by atoms with Gasteiger partial charge in [-0.05, 0) is 12.8 Å². The van der Waals surface area contributed by atoms with Crippen LogP contribution in [0.4, 0.5) is 0 Å². The number of nitrogens with zero attached hydrogens (tertiary/aromatic N) is 1. The molecule has 1 aliphatic rings. The average Bonchev–Trinajstić information content (AvgIpc) is 3.02. The zero-order valence-corrected chi connectivity index (χ0v) is 12.8. The van der Waals surface area contributed by atoms with Crippen molar-refractivity contribution in [3.63, 3.8) is 0 Å². The van der Waals surface area contributed by atoms with Crippen LogP contribution in [0.25, 0.3) is 0 Å². The Morgan fingerprint density at radius 2 is 2.10 bits per heavy atom. The van der Waals surface area contributed by atoms with Crippen molar-refractivity contribution in [3.8, 4) is 0 Å². The average molecular weight is 296 g/mol. The predicted octanol–water partition coefficient (Wildman–Crippen LogP) is 1.96. The number of nitrogens with one attached hydrogen (secondary N) is 1. The second-order valence-corrected chi connectivity index (χ2v) is 7.21. The van der Waals surface area contributed by atoms with E-state index in [9.17, 15) is 9.59 Å². The molecule has 1 saturated carbocycles. The lowest BCUT2D eigenvalue weighted by atomic mass is 9.93. The summed E-state index contributed by atoms with van der Waals surface area (Å²) in [5.41, 5.74) is -0.0771. The molecule has 0 bridgehead atoms. The van der Waals surface area contributed by atoms with Gasteiger partial charge in [-0.25, -0.2) is 4.98 Å². The largest absolute Gasteiger partial charge is 0.480 e. The summed E-state index contributed by atoms with van der Waals surface area (Å²) < 4.78 is 0. The van der Waals surface area contributed by atoms with Crippen LogP contribution >= 0.6 is 11.3 Å². The topological polar surface area (TPSA) is 79.3 Å². The van der Waals surface area contributed by atoms with Gasteiger partial charge in [-0.3, -0.25) is 9.59 Å². The number of hydrogen-bond donors (Lipinski definition) is 2. The second kappa shape index (κ2) is 5.16. The van der Waals surface area contributed by atoms with Crippen molar-refractivity contribution in [2.75, 3.05) is 6.54 Å². The molecule has 0 atom stereocenters. The van der Waals surface area contributed by atoms with Gasteiger partial charge in [-0.1, -0.05) is 20.8 Å². The standard InChI is InChI=1S/C14H20N2O3S/c1-13(2,3)9-8-20-10(16-9)4-7-15-11(17)14(5-6-14)12(18)19/h8H,4-7H2,1-3H3,(H,15,17)(H,18,19). The number of hydrogen-bond acceptors (Lipinski definition) is 4. The van der Waals surface area contributed by atoms with Crippen molar-refractivity contribution in [1.29, 1.82) is 0 Å². The molecule has 5 nitrogen and oxygen atoms in total. The lowest BCUT2D eigenvalue weighted by molar-refractivity contribution is -0.149. The maximum absolute atomic E-state index is 11.8. The molecule has 1 aromatic rings. The third-order valence-electron chi connectivity index (χ3n) is 3.54. The molecule has 0 aliphatic heterocycles. The number of aliphatic carboxylic acids is 1. The zero-order valence-electron chi connectivity index (χ0n) is 12.0. The van der Waals surface area contributed by atoms with E-state index >= 15 is 0 Å². The minimum atomic E-state index is -1.15. The number of aromatic nitrogens is 1. The van der Waals surface area contributed by atoms with Gasteiger partial charge in [0.2, 0.25) is 5.91 Å². The molecular weight excluding hydrogens is 276 g/mol. The SMILES string of the molecule is CC(C)(C)c1csc(CCNC(=O)C2(C(=O)O)CC2)n1. The van der Waals surface area contributed by atoms with E-state index in [0.29, 0.717) is 25.8 Å². The third kappa shape index (κ3) is 3.00. The Morgan fingerprint density at radius 1 is 1.45 bits per heavy atom. The van der Waals surface area contributed by atoms with Crippen molar-refractivity contribution in [2.24, 2.45) is 5.41 Å². The predicted molar refractivity (Wildman–Crippen MR) is 76.8 cm³/mol. The highest BCUT2D eigenvalue weighted by molar-refractivity contribution is 7.09. The van der Waals surface area contributed by atoms with Crippen LogP contribution in [0.1, 0.15) is 44.3 Å². The Balaban J connectivity index is 1.83. The van der Waals surface area contributed by atoms with Gasteiger partial charge in [0.1, 0.15) is 5.41 Å². The molecule has 20 heavy (non-hydrogen) atoms. The summed E-state index contributed by atoms with van der Waals surface area (Å²) in [7, 11) is 0. The Hall–Kier alpha value is -1.43. The molecular formula is C14H20N2O3S. The quantitative estimate of drug-likeness (QED) is 0.814. The molecule has 0 spiro atoms. The fourth-order valence-corrected chi connectivity index (χ4v) is 2.91. The van der Waals surface area contributed by atoms with E-state index in [0.717, 1.165) is 10.7 Å². The van der Waals surface area contributed by atoms with Crippen molar-refractivity contribution in [3.05, 3.63) is 16.1 Å². The molecule has 0 aromatic carbocycles. The molecule has 2 rings (SSSR count). The van der Waals surface area contributed by atoms with Crippen molar-refractivity contribution in [1.82, 2.24) is 10.3 Å². The molecule has 6 heteroatoms. The molecule has 0 unspecified atom stereocenters. The summed E-state index contributed by atoms with van der Waals surface area (Å²) in [4.78, 5) is 27.4. The first-order chi connectivity index (χ1) is 9.25. The summed E-state index contributed by atoms with van der Waals surface area (Å²) in [6.45, 7) is 6.76. The van der Waals surface area contributed by atoms with Crippen LogP contribution in [0.15, 0.2) is 5.38 Å². The lowest BCUT2D eigenvalue weighted by Gasteiger charge is -2.14. The van der Waals surface area contributed by atoms with Crippen molar-refractivity contribution >= 4 is 23.2 Å². The highest BCUT2D eigenvalue weighted by atomic mass is 32.1. The van der Waals surface area contributed by atoms with Crippen molar-refractivity contribution < 1.29 is 14.7 Å². The highest BCUT2D eigenvalue weighted by Crippen LogP contribution is 2.46. The molecule has 1 amide bonds. The number of carboxylic acids is 1. The van der Waals surface area contributed by atoms with Crippen molar-refractivity contribution in [2.45, 2.75) is 45.4 Å². The molecule has 0 radical (unpaired) electrons. The van der Waals surface area contributed by atoms with E-state index in [2.05, 4.69) is 31.1 Å². The summed E-state index contributed by atoms with van der Waals surface area (Å²) in [6.07, 6.45) is 1.53. The smallest absolute Gasteiger partial charge is 0.319 e. The zero-order chi connectivity index (χ0) is 15.0. The third-order valence-corrected chi connectivity index (χ3v) is 4.45. The van der Waals surface area contributed by atoms with Gasteiger partial charge in [0, 0.05) is 23.8 Å². The minimum absolute atomic E-state index is 0.0272. The number of carboxylic acid groups (broad SMARTS) is 1. The van der Waals surface area contributed by atoms with E-state index in [1.165, 1.54) is 0 Å². The van der Waals surface area contributed by atoms with Gasteiger partial charge in [-0.15, -0.1) is 11.3 Å². The number of thiazole rings is 1. The van der Waals surface area contributed by atoms with Crippen LogP contribution in [-0.2, 0) is 21.4 Å². The molecule has 1 heterocycles. The first kappa shape index (κ1) is 15.0. The molecule has 1 fully saturated rings. The normalized spacial score (nSPS) is 16.8. The number of amides is 1. The van der Waals surface area contributed by atoms with Gasteiger partial charge < -0.3 is 10.4 Å². The summed E-state index contributed by atoms with van der Waals surface area (Å²) in [6, 6.07) is 0. The van der Waals surface area contributed by atoms with Gasteiger partial charge in [0.05, 0.1) is 10.7 Å². The van der Waals surface area contributed by atoms with Gasteiger partial charge in [0.25, 0.3) is 0 Å².